The largest absolute Gasteiger partial charge is 0.366 e. The molecule has 0 spiro atoms. The summed E-state index contributed by atoms with van der Waals surface area (Å²) in [6.07, 6.45) is 1.68. The Balaban J connectivity index is 3.46. The Bertz CT molecular complexity index is 108. The summed E-state index contributed by atoms with van der Waals surface area (Å²) in [5.41, 5.74) is 4.55. The van der Waals surface area contributed by atoms with Crippen LogP contribution in [-0.4, -0.2) is 5.91 Å². The second-order valence-electron chi connectivity index (χ2n) is 0.824. The van der Waals surface area contributed by atoms with Gasteiger partial charge in [-0.2, -0.15) is 0 Å². The molecular formula is C3H4N2O2. The summed E-state index contributed by atoms with van der Waals surface area (Å²) in [5, 5.41) is 2.24. The number of primary amides is 1. The van der Waals surface area contributed by atoms with Crippen molar-refractivity contribution in [3.63, 3.8) is 0 Å². The van der Waals surface area contributed by atoms with E-state index in [1.807, 2.05) is 0 Å². The molecule has 0 aromatic heterocycles. The van der Waals surface area contributed by atoms with Gasteiger partial charge in [0.25, 0.3) is 0 Å². The Morgan fingerprint density at radius 3 is 2.43 bits per heavy atom. The molecule has 4 heteroatoms. The number of hydrogen-bond acceptors (Lipinski definition) is 3. The van der Waals surface area contributed by atoms with E-state index in [1.165, 1.54) is 0 Å². The fraction of sp³-hybridized carbons (Fsp3) is 0. The molecule has 0 saturated carbocycles. The van der Waals surface area contributed by atoms with Crippen molar-refractivity contribution in [1.29, 1.82) is 0 Å². The van der Waals surface area contributed by atoms with Crippen molar-refractivity contribution in [3.8, 4) is 0 Å². The van der Waals surface area contributed by atoms with Crippen molar-refractivity contribution in [2.75, 3.05) is 0 Å². The summed E-state index contributed by atoms with van der Waals surface area (Å²) in [4.78, 5) is 18.9. The van der Waals surface area contributed by atoms with Crippen molar-refractivity contribution in [2.24, 2.45) is 10.9 Å². The summed E-state index contributed by atoms with van der Waals surface area (Å²) in [5.74, 6) is -0.667. The van der Waals surface area contributed by atoms with Gasteiger partial charge >= 0.3 is 0 Å². The zero-order valence-electron chi connectivity index (χ0n) is 3.50. The minimum Gasteiger partial charge on any atom is -0.366 e. The highest BCUT2D eigenvalue weighted by atomic mass is 16.2. The van der Waals surface area contributed by atoms with Crippen LogP contribution in [0.4, 0.5) is 0 Å². The van der Waals surface area contributed by atoms with Crippen molar-refractivity contribution in [3.05, 3.63) is 17.2 Å². The van der Waals surface area contributed by atoms with Crippen LogP contribution in [0.5, 0.6) is 0 Å². The zero-order valence-corrected chi connectivity index (χ0v) is 3.50. The van der Waals surface area contributed by atoms with E-state index in [0.29, 0.717) is 0 Å². The number of carbonyl (C=O) groups is 1. The summed E-state index contributed by atoms with van der Waals surface area (Å²) in [6, 6.07) is 0. The van der Waals surface area contributed by atoms with Crippen LogP contribution in [0.15, 0.2) is 17.5 Å². The van der Waals surface area contributed by atoms with Crippen LogP contribution in [0.1, 0.15) is 0 Å². The first-order valence-corrected chi connectivity index (χ1v) is 1.56. The molecule has 0 aromatic rings. The number of carbonyl (C=O) groups excluding carboxylic acids is 1. The Labute approximate surface area is 40.0 Å². The van der Waals surface area contributed by atoms with Gasteiger partial charge in [0.2, 0.25) is 5.91 Å². The first-order chi connectivity index (χ1) is 3.27. The lowest BCUT2D eigenvalue weighted by Crippen LogP contribution is -2.04. The first-order valence-electron chi connectivity index (χ1n) is 1.56. The topological polar surface area (TPSA) is 72.5 Å². The molecule has 0 fully saturated rings. The Morgan fingerprint density at radius 1 is 1.71 bits per heavy atom. The highest BCUT2D eigenvalue weighted by Gasteiger charge is 1.76. The average molecular weight is 100 g/mol. The molecule has 1 amide bonds. The third-order valence-corrected chi connectivity index (χ3v) is 0.300. The van der Waals surface area contributed by atoms with E-state index in [9.17, 15) is 4.79 Å². The molecular weight excluding hydrogens is 96.0 g/mol. The summed E-state index contributed by atoms with van der Waals surface area (Å²) in [6.45, 7) is 0. The molecule has 4 nitrogen and oxygen atoms in total. The molecule has 0 atom stereocenters. The average Bonchev–Trinajstić information content (AvgIpc) is 1.61. The fourth-order valence-electron chi connectivity index (χ4n) is 0.104. The first kappa shape index (κ1) is 5.81. The van der Waals surface area contributed by atoms with Crippen LogP contribution < -0.4 is 5.73 Å². The van der Waals surface area contributed by atoms with Crippen molar-refractivity contribution < 1.29 is 4.79 Å². The summed E-state index contributed by atoms with van der Waals surface area (Å²) >= 11 is 0. The molecule has 0 aromatic carbocycles. The van der Waals surface area contributed by atoms with Crippen LogP contribution in [0, 0.1) is 4.91 Å². The maximum atomic E-state index is 9.69. The van der Waals surface area contributed by atoms with Gasteiger partial charge in [-0.1, -0.05) is 0 Å². The lowest BCUT2D eigenvalue weighted by atomic mass is 10.6. The molecule has 0 saturated heterocycles. The van der Waals surface area contributed by atoms with Crippen LogP contribution >= 0.6 is 0 Å². The number of amides is 1. The lowest BCUT2D eigenvalue weighted by Gasteiger charge is -1.69. The molecule has 0 rings (SSSR count). The van der Waals surface area contributed by atoms with Gasteiger partial charge < -0.3 is 5.73 Å². The van der Waals surface area contributed by atoms with Gasteiger partial charge in [0.15, 0.2) is 0 Å². The molecule has 0 aliphatic rings. The maximum Gasteiger partial charge on any atom is 0.243 e. The van der Waals surface area contributed by atoms with E-state index < -0.39 is 5.91 Å². The van der Waals surface area contributed by atoms with Gasteiger partial charge in [0, 0.05) is 6.08 Å². The number of rotatable bonds is 2. The minimum absolute atomic E-state index is 0.667. The van der Waals surface area contributed by atoms with Gasteiger partial charge in [-0.25, -0.2) is 0 Å². The van der Waals surface area contributed by atoms with Crippen LogP contribution in [0.3, 0.4) is 0 Å². The molecule has 0 radical (unpaired) electrons. The summed E-state index contributed by atoms with van der Waals surface area (Å²) < 4.78 is 0. The van der Waals surface area contributed by atoms with Crippen LogP contribution in [0.2, 0.25) is 0 Å². The third kappa shape index (κ3) is 4.81. The van der Waals surface area contributed by atoms with Gasteiger partial charge in [-0.15, -0.1) is 4.91 Å². The van der Waals surface area contributed by atoms with Crippen molar-refractivity contribution in [2.45, 2.75) is 0 Å². The molecule has 0 bridgehead atoms. The van der Waals surface area contributed by atoms with Gasteiger partial charge in [0.05, 0.1) is 6.20 Å². The quantitative estimate of drug-likeness (QED) is 0.384. The van der Waals surface area contributed by atoms with Crippen LogP contribution in [-0.2, 0) is 4.79 Å². The second kappa shape index (κ2) is 3.02. The number of nitrogens with two attached hydrogens (primary N) is 1. The predicted octanol–water partition coefficient (Wildman–Crippen LogP) is -0.248. The molecule has 0 heterocycles. The zero-order chi connectivity index (χ0) is 5.70. The molecule has 7 heavy (non-hydrogen) atoms. The highest BCUT2D eigenvalue weighted by molar-refractivity contribution is 5.85. The Hall–Kier alpha value is -1.19. The molecule has 2 N–H and O–H groups in total. The normalized spacial score (nSPS) is 9.14. The van der Waals surface area contributed by atoms with Crippen LogP contribution in [0.25, 0.3) is 0 Å². The Kier molecular flexibility index (Phi) is 2.50. The third-order valence-electron chi connectivity index (χ3n) is 0.300. The van der Waals surface area contributed by atoms with Crippen molar-refractivity contribution >= 4 is 5.91 Å². The number of hydrogen-bond donors (Lipinski definition) is 1. The predicted molar refractivity (Wildman–Crippen MR) is 24.1 cm³/mol. The second-order valence-corrected chi connectivity index (χ2v) is 0.824. The molecule has 38 valence electrons. The van der Waals surface area contributed by atoms with E-state index in [1.54, 1.807) is 0 Å². The highest BCUT2D eigenvalue weighted by Crippen LogP contribution is 1.67. The van der Waals surface area contributed by atoms with Gasteiger partial charge in [0.1, 0.15) is 0 Å². The smallest absolute Gasteiger partial charge is 0.243 e. The number of nitroso groups, excluding NO2 is 1. The molecule has 0 unspecified atom stereocenters. The van der Waals surface area contributed by atoms with E-state index in [4.69, 9.17) is 4.91 Å². The van der Waals surface area contributed by atoms with E-state index >= 15 is 0 Å². The minimum atomic E-state index is -0.667. The van der Waals surface area contributed by atoms with E-state index in [2.05, 4.69) is 10.9 Å². The fourth-order valence-corrected chi connectivity index (χ4v) is 0.104. The van der Waals surface area contributed by atoms with Crippen molar-refractivity contribution in [1.82, 2.24) is 0 Å². The Morgan fingerprint density at radius 2 is 2.29 bits per heavy atom. The SMILES string of the molecule is NC(=O)C=CN=O. The monoisotopic (exact) mass is 100 g/mol. The molecule has 0 aliphatic heterocycles. The van der Waals surface area contributed by atoms with E-state index in [0.717, 1.165) is 12.3 Å². The van der Waals surface area contributed by atoms with E-state index in [-0.39, 0.29) is 0 Å². The molecule has 0 aliphatic carbocycles. The lowest BCUT2D eigenvalue weighted by molar-refractivity contribution is -0.113. The van der Waals surface area contributed by atoms with Gasteiger partial charge in [-0.3, -0.25) is 4.79 Å². The standard InChI is InChI=1S/C3H4N2O2/c4-3(6)1-2-5-7/h1-2H,(H2,4,6). The maximum absolute atomic E-state index is 9.69. The number of nitrogens with zero attached hydrogens (tertiary/aromatic N) is 1. The van der Waals surface area contributed by atoms with Gasteiger partial charge in [-0.05, 0) is 5.18 Å². The summed E-state index contributed by atoms with van der Waals surface area (Å²) in [7, 11) is 0.